The molecule has 1 aromatic heterocycles. The molecule has 24 heavy (non-hydrogen) atoms. The maximum atomic E-state index is 12.1. The van der Waals surface area contributed by atoms with E-state index >= 15 is 0 Å². The zero-order valence-corrected chi connectivity index (χ0v) is 14.0. The Morgan fingerprint density at radius 2 is 2.12 bits per heavy atom. The lowest BCUT2D eigenvalue weighted by Crippen LogP contribution is -2.53. The molecular formula is C16H27N5O3. The van der Waals surface area contributed by atoms with Gasteiger partial charge in [0.05, 0.1) is 26.1 Å². The van der Waals surface area contributed by atoms with E-state index in [1.54, 1.807) is 12.5 Å². The number of nitrogens with one attached hydrogen (secondary N) is 2. The van der Waals surface area contributed by atoms with Crippen molar-refractivity contribution >= 4 is 6.03 Å². The Kier molecular flexibility index (Phi) is 6.45. The van der Waals surface area contributed by atoms with Crippen LogP contribution in [0.5, 0.6) is 0 Å². The van der Waals surface area contributed by atoms with Crippen molar-refractivity contribution in [1.82, 2.24) is 25.1 Å². The molecule has 2 atom stereocenters. The number of carbonyl (C=O) groups is 1. The van der Waals surface area contributed by atoms with E-state index in [4.69, 9.17) is 9.47 Å². The van der Waals surface area contributed by atoms with E-state index in [0.717, 1.165) is 52.5 Å². The highest BCUT2D eigenvalue weighted by molar-refractivity contribution is 5.73. The highest BCUT2D eigenvalue weighted by Crippen LogP contribution is 2.21. The molecule has 3 heterocycles. The molecule has 8 nitrogen and oxygen atoms in total. The minimum Gasteiger partial charge on any atom is -0.381 e. The summed E-state index contributed by atoms with van der Waals surface area (Å²) in [7, 11) is 0. The van der Waals surface area contributed by atoms with E-state index in [9.17, 15) is 4.79 Å². The van der Waals surface area contributed by atoms with Crippen molar-refractivity contribution < 1.29 is 14.3 Å². The predicted octanol–water partition coefficient (Wildman–Crippen LogP) is -0.0804. The third-order valence-electron chi connectivity index (χ3n) is 4.71. The van der Waals surface area contributed by atoms with Crippen molar-refractivity contribution in [2.45, 2.75) is 19.0 Å². The van der Waals surface area contributed by atoms with Gasteiger partial charge in [0, 0.05) is 63.7 Å². The first-order chi connectivity index (χ1) is 11.8. The molecule has 2 N–H and O–H groups in total. The second-order valence-electron chi connectivity index (χ2n) is 6.28. The van der Waals surface area contributed by atoms with Gasteiger partial charge in [0.2, 0.25) is 0 Å². The summed E-state index contributed by atoms with van der Waals surface area (Å²) in [6.45, 7) is 6.92. The predicted molar refractivity (Wildman–Crippen MR) is 88.7 cm³/mol. The Bertz CT molecular complexity index is 484. The average molecular weight is 337 g/mol. The van der Waals surface area contributed by atoms with E-state index in [1.807, 2.05) is 10.8 Å². The van der Waals surface area contributed by atoms with Gasteiger partial charge >= 0.3 is 6.03 Å². The maximum Gasteiger partial charge on any atom is 0.314 e. The number of hydrogen-bond donors (Lipinski definition) is 2. The summed E-state index contributed by atoms with van der Waals surface area (Å²) < 4.78 is 12.9. The fourth-order valence-corrected chi connectivity index (χ4v) is 3.34. The Morgan fingerprint density at radius 3 is 2.83 bits per heavy atom. The monoisotopic (exact) mass is 337 g/mol. The largest absolute Gasteiger partial charge is 0.381 e. The molecule has 2 aliphatic heterocycles. The maximum absolute atomic E-state index is 12.1. The Hall–Kier alpha value is -1.64. The fraction of sp³-hybridized carbons (Fsp3) is 0.750. The van der Waals surface area contributed by atoms with Crippen LogP contribution in [0.15, 0.2) is 18.7 Å². The molecule has 2 saturated heterocycles. The van der Waals surface area contributed by atoms with Crippen LogP contribution in [0.4, 0.5) is 4.79 Å². The van der Waals surface area contributed by atoms with Gasteiger partial charge in [0.1, 0.15) is 0 Å². The standard InChI is InChI=1S/C16H27N5O3/c22-16(18-3-5-20-4-2-17-13-20)19-11-15(14-1-8-24-12-14)21-6-9-23-10-7-21/h2,4,13-15H,1,3,5-12H2,(H2,18,19,22)/t14-,15+/m1/s1. The number of carbonyl (C=O) groups excluding carboxylic acids is 1. The van der Waals surface area contributed by atoms with Crippen LogP contribution < -0.4 is 10.6 Å². The molecule has 0 radical (unpaired) electrons. The molecule has 0 bridgehead atoms. The minimum absolute atomic E-state index is 0.118. The summed E-state index contributed by atoms with van der Waals surface area (Å²) >= 11 is 0. The second kappa shape index (κ2) is 9.00. The third-order valence-corrected chi connectivity index (χ3v) is 4.71. The van der Waals surface area contributed by atoms with Crippen LogP contribution in [0.3, 0.4) is 0 Å². The molecule has 2 aliphatic rings. The zero-order chi connectivity index (χ0) is 16.6. The molecule has 0 spiro atoms. The average Bonchev–Trinajstić information content (AvgIpc) is 3.30. The van der Waals surface area contributed by atoms with Crippen LogP contribution in [-0.2, 0) is 16.0 Å². The summed E-state index contributed by atoms with van der Waals surface area (Å²) in [6, 6.07) is 0.197. The van der Waals surface area contributed by atoms with Crippen LogP contribution in [0, 0.1) is 5.92 Å². The van der Waals surface area contributed by atoms with E-state index in [0.29, 0.717) is 25.0 Å². The topological polar surface area (TPSA) is 80.7 Å². The van der Waals surface area contributed by atoms with Crippen molar-refractivity contribution in [2.24, 2.45) is 5.92 Å². The molecule has 1 aromatic rings. The number of aromatic nitrogens is 2. The van der Waals surface area contributed by atoms with Gasteiger partial charge in [-0.2, -0.15) is 0 Å². The SMILES string of the molecule is O=C(NCCn1ccnc1)NC[C@@H]([C@@H]1CCOC1)N1CCOCC1. The first-order valence-corrected chi connectivity index (χ1v) is 8.70. The van der Waals surface area contributed by atoms with E-state index < -0.39 is 0 Å². The number of urea groups is 1. The van der Waals surface area contributed by atoms with Crippen LogP contribution >= 0.6 is 0 Å². The van der Waals surface area contributed by atoms with Gasteiger partial charge < -0.3 is 24.7 Å². The molecular weight excluding hydrogens is 310 g/mol. The van der Waals surface area contributed by atoms with Gasteiger partial charge in [-0.25, -0.2) is 9.78 Å². The van der Waals surface area contributed by atoms with Gasteiger partial charge in [-0.05, 0) is 6.42 Å². The summed E-state index contributed by atoms with van der Waals surface area (Å²) in [4.78, 5) is 18.5. The van der Waals surface area contributed by atoms with Crippen LogP contribution in [0.1, 0.15) is 6.42 Å². The molecule has 0 saturated carbocycles. The van der Waals surface area contributed by atoms with E-state index in [2.05, 4.69) is 20.5 Å². The molecule has 2 fully saturated rings. The van der Waals surface area contributed by atoms with Gasteiger partial charge in [0.25, 0.3) is 0 Å². The number of imidazole rings is 1. The lowest BCUT2D eigenvalue weighted by molar-refractivity contribution is 0.00213. The Labute approximate surface area is 142 Å². The van der Waals surface area contributed by atoms with Crippen LogP contribution in [0.2, 0.25) is 0 Å². The summed E-state index contributed by atoms with van der Waals surface area (Å²) in [5, 5.41) is 5.92. The smallest absolute Gasteiger partial charge is 0.314 e. The van der Waals surface area contributed by atoms with Crippen LogP contribution in [0.25, 0.3) is 0 Å². The highest BCUT2D eigenvalue weighted by atomic mass is 16.5. The summed E-state index contributed by atoms with van der Waals surface area (Å²) in [5.41, 5.74) is 0. The number of ether oxygens (including phenoxy) is 2. The van der Waals surface area contributed by atoms with Gasteiger partial charge in [-0.15, -0.1) is 0 Å². The van der Waals surface area contributed by atoms with E-state index in [-0.39, 0.29) is 6.03 Å². The summed E-state index contributed by atoms with van der Waals surface area (Å²) in [6.07, 6.45) is 6.42. The van der Waals surface area contributed by atoms with Crippen molar-refractivity contribution in [3.8, 4) is 0 Å². The highest BCUT2D eigenvalue weighted by Gasteiger charge is 2.31. The van der Waals surface area contributed by atoms with Gasteiger partial charge in [-0.1, -0.05) is 0 Å². The molecule has 0 aliphatic carbocycles. The van der Waals surface area contributed by atoms with Crippen molar-refractivity contribution in [3.05, 3.63) is 18.7 Å². The lowest BCUT2D eigenvalue weighted by Gasteiger charge is -2.37. The van der Waals surface area contributed by atoms with Crippen LogP contribution in [-0.4, -0.2) is 79.1 Å². The molecule has 0 aromatic carbocycles. The lowest BCUT2D eigenvalue weighted by atomic mass is 9.97. The zero-order valence-electron chi connectivity index (χ0n) is 14.0. The number of nitrogens with zero attached hydrogens (tertiary/aromatic N) is 3. The molecule has 8 heteroatoms. The first kappa shape index (κ1) is 17.2. The second-order valence-corrected chi connectivity index (χ2v) is 6.28. The molecule has 2 amide bonds. The minimum atomic E-state index is -0.118. The molecule has 0 unspecified atom stereocenters. The summed E-state index contributed by atoms with van der Waals surface area (Å²) in [5.74, 6) is 0.481. The normalized spacial score (nSPS) is 23.1. The van der Waals surface area contributed by atoms with Crippen molar-refractivity contribution in [1.29, 1.82) is 0 Å². The quantitative estimate of drug-likeness (QED) is 0.727. The number of amides is 2. The number of morpholine rings is 1. The van der Waals surface area contributed by atoms with E-state index in [1.165, 1.54) is 0 Å². The fourth-order valence-electron chi connectivity index (χ4n) is 3.34. The third kappa shape index (κ3) is 4.93. The Balaban J connectivity index is 1.42. The first-order valence-electron chi connectivity index (χ1n) is 8.70. The van der Waals surface area contributed by atoms with Crippen molar-refractivity contribution in [3.63, 3.8) is 0 Å². The molecule has 3 rings (SSSR count). The number of hydrogen-bond acceptors (Lipinski definition) is 5. The van der Waals surface area contributed by atoms with Crippen molar-refractivity contribution in [2.75, 3.05) is 52.6 Å². The number of rotatable bonds is 7. The van der Waals surface area contributed by atoms with Gasteiger partial charge in [0.15, 0.2) is 0 Å². The van der Waals surface area contributed by atoms with Gasteiger partial charge in [-0.3, -0.25) is 4.90 Å². The molecule has 134 valence electrons. The Morgan fingerprint density at radius 1 is 1.25 bits per heavy atom.